The summed E-state index contributed by atoms with van der Waals surface area (Å²) in [4.78, 5) is 0. The molecule has 16 heavy (non-hydrogen) atoms. The molecule has 1 aliphatic rings. The molecule has 0 atom stereocenters. The maximum Gasteiger partial charge on any atom is 0 e. The van der Waals surface area contributed by atoms with Gasteiger partial charge in [0, 0.05) is 26.2 Å². The molecule has 0 saturated heterocycles. The standard InChI is InChI=1S/C13H21.2ClH.Zr/c1-3-5-8-12-10-7-11-13(12)9-6-4-2;;;/h10H,3-9H2,1-2H3;2*1H;/q-1;;;. The van der Waals surface area contributed by atoms with Gasteiger partial charge in [-0.25, -0.2) is 5.57 Å². The first-order chi connectivity index (χ1) is 6.38. The smallest absolute Gasteiger partial charge is 0 e. The fraction of sp³-hybridized carbons (Fsp3) is 0.692. The number of halogens is 2. The quantitative estimate of drug-likeness (QED) is 0.578. The van der Waals surface area contributed by atoms with E-state index in [1.807, 2.05) is 0 Å². The summed E-state index contributed by atoms with van der Waals surface area (Å²) in [5.41, 5.74) is 3.12. The SMILES string of the molecule is CCCCC1=[C-]CC=C1CCCC.Cl.Cl.[Zr]. The Kier molecular flexibility index (Phi) is 19.4. The Morgan fingerprint density at radius 1 is 1.06 bits per heavy atom. The van der Waals surface area contributed by atoms with E-state index in [-0.39, 0.29) is 51.0 Å². The van der Waals surface area contributed by atoms with Gasteiger partial charge in [-0.05, 0) is 0 Å². The second kappa shape index (κ2) is 14.0. The van der Waals surface area contributed by atoms with Crippen LogP contribution >= 0.6 is 24.8 Å². The first kappa shape index (κ1) is 22.2. The van der Waals surface area contributed by atoms with E-state index in [4.69, 9.17) is 0 Å². The number of hydrogen-bond acceptors (Lipinski definition) is 0. The van der Waals surface area contributed by atoms with Crippen molar-refractivity contribution in [1.29, 1.82) is 0 Å². The number of hydrogen-bond donors (Lipinski definition) is 0. The molecule has 0 N–H and O–H groups in total. The van der Waals surface area contributed by atoms with Crippen LogP contribution in [0.2, 0.25) is 0 Å². The normalized spacial score (nSPS) is 12.9. The van der Waals surface area contributed by atoms with Crippen LogP contribution in [0.25, 0.3) is 0 Å². The van der Waals surface area contributed by atoms with Crippen molar-refractivity contribution >= 4 is 24.8 Å². The topological polar surface area (TPSA) is 0 Å². The summed E-state index contributed by atoms with van der Waals surface area (Å²) in [7, 11) is 0. The Hall–Kier alpha value is 0.943. The summed E-state index contributed by atoms with van der Waals surface area (Å²) >= 11 is 0. The van der Waals surface area contributed by atoms with Crippen LogP contribution in [0.1, 0.15) is 58.8 Å². The molecule has 0 saturated carbocycles. The van der Waals surface area contributed by atoms with Crippen molar-refractivity contribution < 1.29 is 26.2 Å². The van der Waals surface area contributed by atoms with Crippen LogP contribution in [0.5, 0.6) is 0 Å². The minimum atomic E-state index is 0. The van der Waals surface area contributed by atoms with Crippen molar-refractivity contribution in [2.75, 3.05) is 0 Å². The van der Waals surface area contributed by atoms with Crippen molar-refractivity contribution in [2.24, 2.45) is 0 Å². The molecule has 0 aliphatic heterocycles. The van der Waals surface area contributed by atoms with Crippen molar-refractivity contribution in [2.45, 2.75) is 58.8 Å². The molecule has 0 unspecified atom stereocenters. The average molecular weight is 341 g/mol. The van der Waals surface area contributed by atoms with Gasteiger partial charge < -0.3 is 0 Å². The summed E-state index contributed by atoms with van der Waals surface area (Å²) < 4.78 is 0. The van der Waals surface area contributed by atoms with Crippen LogP contribution in [0.15, 0.2) is 17.2 Å². The van der Waals surface area contributed by atoms with Crippen LogP contribution in [0.3, 0.4) is 0 Å². The van der Waals surface area contributed by atoms with E-state index < -0.39 is 0 Å². The van der Waals surface area contributed by atoms with E-state index in [1.54, 1.807) is 5.57 Å². The zero-order valence-corrected chi connectivity index (χ0v) is 14.4. The van der Waals surface area contributed by atoms with Gasteiger partial charge in [-0.3, -0.25) is 6.08 Å². The molecule has 0 aromatic heterocycles. The molecule has 0 amide bonds. The molecule has 0 spiro atoms. The molecule has 94 valence electrons. The van der Waals surface area contributed by atoms with Crippen molar-refractivity contribution in [1.82, 2.24) is 0 Å². The minimum Gasteiger partial charge on any atom is -0.269 e. The Labute approximate surface area is 132 Å². The van der Waals surface area contributed by atoms with Gasteiger partial charge in [-0.15, -0.1) is 31.2 Å². The first-order valence-electron chi connectivity index (χ1n) is 5.67. The van der Waals surface area contributed by atoms with Gasteiger partial charge in [0.25, 0.3) is 0 Å². The van der Waals surface area contributed by atoms with Crippen LogP contribution in [0.4, 0.5) is 0 Å². The predicted molar refractivity (Wildman–Crippen MR) is 73.0 cm³/mol. The second-order valence-corrected chi connectivity index (χ2v) is 3.80. The monoisotopic (exact) mass is 339 g/mol. The second-order valence-electron chi connectivity index (χ2n) is 3.80. The molecule has 0 fully saturated rings. The fourth-order valence-corrected chi connectivity index (χ4v) is 1.76. The summed E-state index contributed by atoms with van der Waals surface area (Å²) in [5, 5.41) is 0. The van der Waals surface area contributed by atoms with E-state index in [9.17, 15) is 0 Å². The van der Waals surface area contributed by atoms with E-state index in [0.717, 1.165) is 6.42 Å². The molecule has 0 nitrogen and oxygen atoms in total. The van der Waals surface area contributed by atoms with Gasteiger partial charge in [0.1, 0.15) is 0 Å². The third kappa shape index (κ3) is 8.10. The summed E-state index contributed by atoms with van der Waals surface area (Å²) in [5.74, 6) is 0. The Bertz CT molecular complexity index is 188. The van der Waals surface area contributed by atoms with Crippen molar-refractivity contribution in [3.05, 3.63) is 23.3 Å². The maximum atomic E-state index is 3.47. The zero-order valence-electron chi connectivity index (χ0n) is 10.3. The summed E-state index contributed by atoms with van der Waals surface area (Å²) in [6.45, 7) is 4.51. The van der Waals surface area contributed by atoms with Crippen molar-refractivity contribution in [3.63, 3.8) is 0 Å². The van der Waals surface area contributed by atoms with Gasteiger partial charge in [-0.1, -0.05) is 52.4 Å². The Morgan fingerprint density at radius 3 is 2.19 bits per heavy atom. The minimum absolute atomic E-state index is 0. The molecular weight excluding hydrogens is 318 g/mol. The Morgan fingerprint density at radius 2 is 1.62 bits per heavy atom. The van der Waals surface area contributed by atoms with Crippen LogP contribution in [0, 0.1) is 6.08 Å². The van der Waals surface area contributed by atoms with Gasteiger partial charge in [0.2, 0.25) is 0 Å². The molecule has 0 heterocycles. The van der Waals surface area contributed by atoms with Crippen molar-refractivity contribution in [3.8, 4) is 0 Å². The largest absolute Gasteiger partial charge is 0.269 e. The van der Waals surface area contributed by atoms with Gasteiger partial charge in [0.15, 0.2) is 0 Å². The Balaban J connectivity index is -0.000000563. The molecular formula is C13H23Cl2Zr-. The van der Waals surface area contributed by atoms with Crippen LogP contribution < -0.4 is 0 Å². The molecule has 3 heteroatoms. The predicted octanol–water partition coefficient (Wildman–Crippen LogP) is 5.27. The molecule has 0 aromatic rings. The van der Waals surface area contributed by atoms with Gasteiger partial charge in [0.05, 0.1) is 0 Å². The number of unbranched alkanes of at least 4 members (excludes halogenated alkanes) is 2. The fourth-order valence-electron chi connectivity index (χ4n) is 1.76. The summed E-state index contributed by atoms with van der Waals surface area (Å²) in [6.07, 6.45) is 14.7. The van der Waals surface area contributed by atoms with E-state index in [1.165, 1.54) is 44.1 Å². The first-order valence-corrected chi connectivity index (χ1v) is 5.67. The van der Waals surface area contributed by atoms with Gasteiger partial charge >= 0.3 is 0 Å². The summed E-state index contributed by atoms with van der Waals surface area (Å²) in [6, 6.07) is 0. The molecule has 0 bridgehead atoms. The molecule has 1 aliphatic carbocycles. The maximum absolute atomic E-state index is 3.47. The third-order valence-electron chi connectivity index (χ3n) is 2.63. The molecule has 1 rings (SSSR count). The van der Waals surface area contributed by atoms with E-state index >= 15 is 0 Å². The van der Waals surface area contributed by atoms with E-state index in [0.29, 0.717) is 0 Å². The average Bonchev–Trinajstić information content (AvgIpc) is 2.59. The number of rotatable bonds is 6. The number of allylic oxidation sites excluding steroid dienone is 4. The molecule has 0 aromatic carbocycles. The van der Waals surface area contributed by atoms with Crippen LogP contribution in [-0.2, 0) is 26.2 Å². The third-order valence-corrected chi connectivity index (χ3v) is 2.63. The van der Waals surface area contributed by atoms with E-state index in [2.05, 4.69) is 26.0 Å². The molecule has 0 radical (unpaired) electrons. The zero-order chi connectivity index (χ0) is 9.52. The van der Waals surface area contributed by atoms with Gasteiger partial charge in [-0.2, -0.15) is 11.6 Å². The van der Waals surface area contributed by atoms with Crippen LogP contribution in [-0.4, -0.2) is 0 Å².